The van der Waals surface area contributed by atoms with Crippen LogP contribution in [0, 0.1) is 6.92 Å². The first kappa shape index (κ1) is 9.90. The summed E-state index contributed by atoms with van der Waals surface area (Å²) in [7, 11) is 0. The van der Waals surface area contributed by atoms with Gasteiger partial charge in [0.15, 0.2) is 0 Å². The largest absolute Gasteiger partial charge is 0.300 e. The molecular weight excluding hydrogens is 167 g/mol. The normalized spacial score (nSPS) is 12.5. The number of carbonyl (C=O) groups excluding carboxylic acids is 1. The Morgan fingerprint density at radius 1 is 1.38 bits per heavy atom. The Labute approximate surface area is 77.6 Å². The Balaban J connectivity index is 2.71. The number of rotatable bonds is 3. The van der Waals surface area contributed by atoms with Crippen LogP contribution in [0.2, 0.25) is 0 Å². The molecule has 0 amide bonds. The fourth-order valence-electron chi connectivity index (χ4n) is 1.15. The lowest BCUT2D eigenvalue weighted by Crippen LogP contribution is -1.98. The number of Topliss-reactive ketones (excluding diaryl/α,β-unsaturated/α-hetero) is 1. The number of carbonyl (C=O) groups is 1. The van der Waals surface area contributed by atoms with Gasteiger partial charge in [0.05, 0.1) is 0 Å². The molecule has 0 bridgehead atoms. The number of benzene rings is 1. The SMILES string of the molecule is CC(=O)CC(F)c1ccc(C)cc1. The Bertz CT molecular complexity index is 289. The molecule has 2 heteroatoms. The summed E-state index contributed by atoms with van der Waals surface area (Å²) in [6.07, 6.45) is -1.18. The summed E-state index contributed by atoms with van der Waals surface area (Å²) in [6, 6.07) is 7.15. The third kappa shape index (κ3) is 2.98. The summed E-state index contributed by atoms with van der Waals surface area (Å²) >= 11 is 0. The number of halogens is 1. The number of ketones is 1. The minimum absolute atomic E-state index is 0.0247. The van der Waals surface area contributed by atoms with E-state index in [1.54, 1.807) is 12.1 Å². The van der Waals surface area contributed by atoms with Crippen LogP contribution in [-0.2, 0) is 4.79 Å². The summed E-state index contributed by atoms with van der Waals surface area (Å²) in [5, 5.41) is 0. The van der Waals surface area contributed by atoms with Crippen molar-refractivity contribution in [2.75, 3.05) is 0 Å². The van der Waals surface area contributed by atoms with E-state index in [0.717, 1.165) is 5.56 Å². The second-order valence-electron chi connectivity index (χ2n) is 3.28. The van der Waals surface area contributed by atoms with Crippen molar-refractivity contribution in [3.63, 3.8) is 0 Å². The molecule has 70 valence electrons. The van der Waals surface area contributed by atoms with Gasteiger partial charge in [-0.2, -0.15) is 0 Å². The minimum Gasteiger partial charge on any atom is -0.300 e. The molecule has 1 atom stereocenters. The van der Waals surface area contributed by atoms with E-state index in [-0.39, 0.29) is 12.2 Å². The maximum absolute atomic E-state index is 13.3. The van der Waals surface area contributed by atoms with Crippen molar-refractivity contribution in [1.82, 2.24) is 0 Å². The van der Waals surface area contributed by atoms with Gasteiger partial charge in [0.25, 0.3) is 0 Å². The highest BCUT2D eigenvalue weighted by Gasteiger charge is 2.11. The molecule has 0 saturated heterocycles. The van der Waals surface area contributed by atoms with E-state index >= 15 is 0 Å². The van der Waals surface area contributed by atoms with Crippen molar-refractivity contribution >= 4 is 5.78 Å². The molecule has 0 spiro atoms. The molecule has 1 nitrogen and oxygen atoms in total. The first-order valence-electron chi connectivity index (χ1n) is 4.29. The van der Waals surface area contributed by atoms with Crippen LogP contribution in [0.3, 0.4) is 0 Å². The molecular formula is C11H13FO. The third-order valence-corrected chi connectivity index (χ3v) is 1.91. The molecule has 1 unspecified atom stereocenters. The van der Waals surface area contributed by atoms with E-state index in [4.69, 9.17) is 0 Å². The fourth-order valence-corrected chi connectivity index (χ4v) is 1.15. The summed E-state index contributed by atoms with van der Waals surface area (Å²) in [6.45, 7) is 3.35. The number of aryl methyl sites for hydroxylation is 1. The molecule has 0 heterocycles. The maximum Gasteiger partial charge on any atom is 0.133 e. The highest BCUT2D eigenvalue weighted by atomic mass is 19.1. The van der Waals surface area contributed by atoms with Crippen molar-refractivity contribution in [2.24, 2.45) is 0 Å². The van der Waals surface area contributed by atoms with Crippen molar-refractivity contribution in [3.8, 4) is 0 Å². The molecule has 0 radical (unpaired) electrons. The first-order chi connectivity index (χ1) is 6.09. The van der Waals surface area contributed by atoms with E-state index in [1.807, 2.05) is 19.1 Å². The predicted octanol–water partition coefficient (Wildman–Crippen LogP) is 2.98. The van der Waals surface area contributed by atoms with E-state index in [1.165, 1.54) is 6.92 Å². The zero-order chi connectivity index (χ0) is 9.84. The Kier molecular flexibility index (Phi) is 3.18. The highest BCUT2D eigenvalue weighted by Crippen LogP contribution is 2.21. The highest BCUT2D eigenvalue weighted by molar-refractivity contribution is 5.76. The van der Waals surface area contributed by atoms with Crippen molar-refractivity contribution in [1.29, 1.82) is 0 Å². The molecule has 0 aromatic heterocycles. The van der Waals surface area contributed by atoms with Crippen molar-refractivity contribution in [2.45, 2.75) is 26.4 Å². The molecule has 0 aliphatic heterocycles. The first-order valence-corrected chi connectivity index (χ1v) is 4.29. The lowest BCUT2D eigenvalue weighted by atomic mass is 10.0. The lowest BCUT2D eigenvalue weighted by molar-refractivity contribution is -0.118. The summed E-state index contributed by atoms with van der Waals surface area (Å²) in [5.41, 5.74) is 1.68. The Hall–Kier alpha value is -1.18. The van der Waals surface area contributed by atoms with E-state index in [2.05, 4.69) is 0 Å². The zero-order valence-corrected chi connectivity index (χ0v) is 7.88. The van der Waals surface area contributed by atoms with Gasteiger partial charge in [-0.3, -0.25) is 4.79 Å². The van der Waals surface area contributed by atoms with Gasteiger partial charge in [-0.05, 0) is 19.4 Å². The minimum atomic E-state index is -1.15. The average molecular weight is 180 g/mol. The van der Waals surface area contributed by atoms with Gasteiger partial charge >= 0.3 is 0 Å². The van der Waals surface area contributed by atoms with Crippen LogP contribution >= 0.6 is 0 Å². The van der Waals surface area contributed by atoms with Gasteiger partial charge in [0.2, 0.25) is 0 Å². The van der Waals surface area contributed by atoms with Crippen molar-refractivity contribution < 1.29 is 9.18 Å². The topological polar surface area (TPSA) is 17.1 Å². The van der Waals surface area contributed by atoms with Crippen LogP contribution in [-0.4, -0.2) is 5.78 Å². The van der Waals surface area contributed by atoms with Gasteiger partial charge in [0.1, 0.15) is 12.0 Å². The quantitative estimate of drug-likeness (QED) is 0.698. The molecule has 1 rings (SSSR count). The van der Waals surface area contributed by atoms with Gasteiger partial charge in [-0.1, -0.05) is 29.8 Å². The maximum atomic E-state index is 13.3. The summed E-state index contributed by atoms with van der Waals surface area (Å²) < 4.78 is 13.3. The molecule has 0 aliphatic carbocycles. The van der Waals surface area contributed by atoms with E-state index < -0.39 is 6.17 Å². The van der Waals surface area contributed by atoms with Gasteiger partial charge in [-0.15, -0.1) is 0 Å². The second-order valence-corrected chi connectivity index (χ2v) is 3.28. The smallest absolute Gasteiger partial charge is 0.133 e. The second kappa shape index (κ2) is 4.17. The van der Waals surface area contributed by atoms with E-state index in [9.17, 15) is 9.18 Å². The molecule has 0 aliphatic rings. The van der Waals surface area contributed by atoms with Gasteiger partial charge < -0.3 is 0 Å². The monoisotopic (exact) mass is 180 g/mol. The molecule has 0 fully saturated rings. The predicted molar refractivity (Wildman–Crippen MR) is 50.3 cm³/mol. The van der Waals surface area contributed by atoms with Gasteiger partial charge in [0, 0.05) is 6.42 Å². The Morgan fingerprint density at radius 2 is 1.92 bits per heavy atom. The van der Waals surface area contributed by atoms with E-state index in [0.29, 0.717) is 5.56 Å². The Morgan fingerprint density at radius 3 is 2.38 bits per heavy atom. The zero-order valence-electron chi connectivity index (χ0n) is 7.88. The van der Waals surface area contributed by atoms with Crippen LogP contribution in [0.4, 0.5) is 4.39 Å². The van der Waals surface area contributed by atoms with Crippen LogP contribution in [0.5, 0.6) is 0 Å². The number of hydrogen-bond donors (Lipinski definition) is 0. The molecule has 1 aromatic carbocycles. The lowest BCUT2D eigenvalue weighted by Gasteiger charge is -2.05. The van der Waals surface area contributed by atoms with Crippen LogP contribution < -0.4 is 0 Å². The average Bonchev–Trinajstić information content (AvgIpc) is 2.04. The standard InChI is InChI=1S/C11H13FO/c1-8-3-5-10(6-4-8)11(12)7-9(2)13/h3-6,11H,7H2,1-2H3. The summed E-state index contributed by atoms with van der Waals surface area (Å²) in [5.74, 6) is -0.118. The molecule has 0 saturated carbocycles. The third-order valence-electron chi connectivity index (χ3n) is 1.91. The number of alkyl halides is 1. The molecule has 0 N–H and O–H groups in total. The van der Waals surface area contributed by atoms with Gasteiger partial charge in [-0.25, -0.2) is 4.39 Å². The van der Waals surface area contributed by atoms with Crippen LogP contribution in [0.15, 0.2) is 24.3 Å². The molecule has 13 heavy (non-hydrogen) atoms. The molecule has 1 aromatic rings. The van der Waals surface area contributed by atoms with Crippen LogP contribution in [0.25, 0.3) is 0 Å². The van der Waals surface area contributed by atoms with Crippen LogP contribution in [0.1, 0.15) is 30.6 Å². The van der Waals surface area contributed by atoms with Crippen molar-refractivity contribution in [3.05, 3.63) is 35.4 Å². The summed E-state index contributed by atoms with van der Waals surface area (Å²) in [4.78, 5) is 10.7. The fraction of sp³-hybridized carbons (Fsp3) is 0.364. The number of hydrogen-bond acceptors (Lipinski definition) is 1.